The molecule has 3 heterocycles. The van der Waals surface area contributed by atoms with Crippen LogP contribution in [-0.2, 0) is 4.74 Å². The highest BCUT2D eigenvalue weighted by Crippen LogP contribution is 2.27. The second-order valence-electron chi connectivity index (χ2n) is 5.08. The summed E-state index contributed by atoms with van der Waals surface area (Å²) in [4.78, 5) is 9.10. The molecule has 0 radical (unpaired) electrons. The van der Waals surface area contributed by atoms with Gasteiger partial charge in [0, 0.05) is 32.2 Å². The fourth-order valence-electron chi connectivity index (χ4n) is 2.86. The summed E-state index contributed by atoms with van der Waals surface area (Å²) in [5, 5.41) is 0.499. The predicted octanol–water partition coefficient (Wildman–Crippen LogP) is 1.23. The van der Waals surface area contributed by atoms with E-state index in [-0.39, 0.29) is 0 Å². The number of halogens is 1. The van der Waals surface area contributed by atoms with Crippen LogP contribution in [0.2, 0.25) is 5.15 Å². The first-order valence-electron chi connectivity index (χ1n) is 6.73. The lowest BCUT2D eigenvalue weighted by atomic mass is 10.2. The molecule has 5 nitrogen and oxygen atoms in total. The zero-order valence-corrected chi connectivity index (χ0v) is 11.6. The quantitative estimate of drug-likeness (QED) is 0.827. The summed E-state index contributed by atoms with van der Waals surface area (Å²) < 4.78 is 5.40. The van der Waals surface area contributed by atoms with E-state index in [1.807, 2.05) is 6.07 Å². The molecule has 2 aliphatic heterocycles. The number of hydrogen-bond acceptors (Lipinski definition) is 5. The molecule has 0 amide bonds. The number of nitrogens with zero attached hydrogens (tertiary/aromatic N) is 3. The molecule has 2 N–H and O–H groups in total. The second kappa shape index (κ2) is 5.53. The Balaban J connectivity index is 1.69. The monoisotopic (exact) mass is 282 g/mol. The standard InChI is InChI=1S/C13H19ClN4O/c14-12-2-1-11(15)13(16-12)18-4-3-10(9-18)17-5-7-19-8-6-17/h1-2,10H,3-9,15H2. The molecule has 0 spiro atoms. The summed E-state index contributed by atoms with van der Waals surface area (Å²) >= 11 is 5.96. The van der Waals surface area contributed by atoms with Gasteiger partial charge in [0.25, 0.3) is 0 Å². The van der Waals surface area contributed by atoms with Crippen LogP contribution in [0.5, 0.6) is 0 Å². The van der Waals surface area contributed by atoms with Crippen molar-refractivity contribution >= 4 is 23.1 Å². The Hall–Kier alpha value is -1.04. The van der Waals surface area contributed by atoms with Gasteiger partial charge in [0.15, 0.2) is 5.82 Å². The van der Waals surface area contributed by atoms with Gasteiger partial charge in [-0.2, -0.15) is 0 Å². The molecule has 2 aliphatic rings. The number of rotatable bonds is 2. The average Bonchev–Trinajstić information content (AvgIpc) is 2.92. The molecule has 1 aromatic rings. The average molecular weight is 283 g/mol. The van der Waals surface area contributed by atoms with Crippen LogP contribution in [0.25, 0.3) is 0 Å². The highest BCUT2D eigenvalue weighted by molar-refractivity contribution is 6.29. The maximum absolute atomic E-state index is 6.00. The zero-order chi connectivity index (χ0) is 13.2. The van der Waals surface area contributed by atoms with Gasteiger partial charge in [0.05, 0.1) is 18.9 Å². The van der Waals surface area contributed by atoms with E-state index in [1.165, 1.54) is 0 Å². The van der Waals surface area contributed by atoms with Crippen molar-refractivity contribution < 1.29 is 4.74 Å². The van der Waals surface area contributed by atoms with E-state index in [9.17, 15) is 0 Å². The van der Waals surface area contributed by atoms with Crippen LogP contribution in [0.15, 0.2) is 12.1 Å². The second-order valence-corrected chi connectivity index (χ2v) is 5.47. The Bertz CT molecular complexity index is 450. The third kappa shape index (κ3) is 2.78. The molecule has 0 aromatic carbocycles. The van der Waals surface area contributed by atoms with Crippen molar-refractivity contribution in [1.82, 2.24) is 9.88 Å². The van der Waals surface area contributed by atoms with E-state index < -0.39 is 0 Å². The SMILES string of the molecule is Nc1ccc(Cl)nc1N1CCC(N2CCOCC2)C1. The predicted molar refractivity (Wildman–Crippen MR) is 76.7 cm³/mol. The zero-order valence-electron chi connectivity index (χ0n) is 10.9. The molecule has 0 bridgehead atoms. The smallest absolute Gasteiger partial charge is 0.153 e. The molecule has 0 saturated carbocycles. The van der Waals surface area contributed by atoms with Crippen LogP contribution in [0, 0.1) is 0 Å². The summed E-state index contributed by atoms with van der Waals surface area (Å²) in [5.41, 5.74) is 6.70. The molecule has 104 valence electrons. The Morgan fingerprint density at radius 2 is 2.05 bits per heavy atom. The first-order chi connectivity index (χ1) is 9.24. The van der Waals surface area contributed by atoms with Crippen LogP contribution >= 0.6 is 11.6 Å². The fraction of sp³-hybridized carbons (Fsp3) is 0.615. The van der Waals surface area contributed by atoms with E-state index >= 15 is 0 Å². The van der Waals surface area contributed by atoms with Gasteiger partial charge in [-0.1, -0.05) is 11.6 Å². The summed E-state index contributed by atoms with van der Waals surface area (Å²) in [6.45, 7) is 5.69. The summed E-state index contributed by atoms with van der Waals surface area (Å²) in [7, 11) is 0. The van der Waals surface area contributed by atoms with Gasteiger partial charge < -0.3 is 15.4 Å². The van der Waals surface area contributed by atoms with Crippen molar-refractivity contribution in [2.24, 2.45) is 0 Å². The molecule has 19 heavy (non-hydrogen) atoms. The first kappa shape index (κ1) is 13.0. The molecule has 1 unspecified atom stereocenters. The number of nitrogen functional groups attached to an aromatic ring is 1. The van der Waals surface area contributed by atoms with Crippen LogP contribution in [0.3, 0.4) is 0 Å². The molecule has 0 aliphatic carbocycles. The molecule has 1 atom stereocenters. The normalized spacial score (nSPS) is 24.9. The van der Waals surface area contributed by atoms with Gasteiger partial charge in [-0.3, -0.25) is 4.90 Å². The van der Waals surface area contributed by atoms with Crippen LogP contribution < -0.4 is 10.6 Å². The molecule has 2 saturated heterocycles. The highest BCUT2D eigenvalue weighted by atomic mass is 35.5. The maximum Gasteiger partial charge on any atom is 0.153 e. The summed E-state index contributed by atoms with van der Waals surface area (Å²) in [6, 6.07) is 4.13. The minimum atomic E-state index is 0.499. The largest absolute Gasteiger partial charge is 0.396 e. The molecular formula is C13H19ClN4O. The topological polar surface area (TPSA) is 54.6 Å². The van der Waals surface area contributed by atoms with Gasteiger partial charge in [0.2, 0.25) is 0 Å². The van der Waals surface area contributed by atoms with Crippen LogP contribution in [0.1, 0.15) is 6.42 Å². The fourth-order valence-corrected chi connectivity index (χ4v) is 3.01. The lowest BCUT2D eigenvalue weighted by Gasteiger charge is -2.32. The van der Waals surface area contributed by atoms with E-state index in [2.05, 4.69) is 14.8 Å². The number of nitrogens with two attached hydrogens (primary N) is 1. The molecular weight excluding hydrogens is 264 g/mol. The van der Waals surface area contributed by atoms with E-state index in [0.717, 1.165) is 51.6 Å². The van der Waals surface area contributed by atoms with Crippen LogP contribution in [-0.4, -0.2) is 55.3 Å². The number of aromatic nitrogens is 1. The van der Waals surface area contributed by atoms with Crippen molar-refractivity contribution in [2.45, 2.75) is 12.5 Å². The third-order valence-electron chi connectivity index (χ3n) is 3.90. The van der Waals surface area contributed by atoms with Crippen molar-refractivity contribution in [2.75, 3.05) is 50.0 Å². The Labute approximate surface area is 118 Å². The van der Waals surface area contributed by atoms with Gasteiger partial charge in [-0.15, -0.1) is 0 Å². The molecule has 2 fully saturated rings. The molecule has 1 aromatic heterocycles. The number of ether oxygens (including phenoxy) is 1. The number of hydrogen-bond donors (Lipinski definition) is 1. The third-order valence-corrected chi connectivity index (χ3v) is 4.11. The Morgan fingerprint density at radius 1 is 1.26 bits per heavy atom. The van der Waals surface area contributed by atoms with E-state index in [4.69, 9.17) is 22.1 Å². The first-order valence-corrected chi connectivity index (χ1v) is 7.10. The van der Waals surface area contributed by atoms with Gasteiger partial charge in [0.1, 0.15) is 5.15 Å². The van der Waals surface area contributed by atoms with E-state index in [0.29, 0.717) is 16.9 Å². The highest BCUT2D eigenvalue weighted by Gasteiger charge is 2.30. The lowest BCUT2D eigenvalue weighted by molar-refractivity contribution is 0.0209. The number of morpholine rings is 1. The summed E-state index contributed by atoms with van der Waals surface area (Å²) in [6.07, 6.45) is 1.15. The van der Waals surface area contributed by atoms with Crippen molar-refractivity contribution in [1.29, 1.82) is 0 Å². The van der Waals surface area contributed by atoms with Crippen molar-refractivity contribution in [3.05, 3.63) is 17.3 Å². The Kier molecular flexibility index (Phi) is 3.77. The van der Waals surface area contributed by atoms with Crippen molar-refractivity contribution in [3.63, 3.8) is 0 Å². The Morgan fingerprint density at radius 3 is 2.84 bits per heavy atom. The summed E-state index contributed by atoms with van der Waals surface area (Å²) in [5.74, 6) is 0.822. The minimum Gasteiger partial charge on any atom is -0.396 e. The van der Waals surface area contributed by atoms with Gasteiger partial charge in [-0.05, 0) is 18.6 Å². The van der Waals surface area contributed by atoms with E-state index in [1.54, 1.807) is 6.07 Å². The minimum absolute atomic E-state index is 0.499. The molecule has 3 rings (SSSR count). The van der Waals surface area contributed by atoms with Crippen LogP contribution in [0.4, 0.5) is 11.5 Å². The van der Waals surface area contributed by atoms with Gasteiger partial charge in [-0.25, -0.2) is 4.98 Å². The number of anilines is 2. The molecule has 6 heteroatoms. The number of pyridine rings is 1. The maximum atomic E-state index is 6.00. The van der Waals surface area contributed by atoms with Crippen molar-refractivity contribution in [3.8, 4) is 0 Å². The van der Waals surface area contributed by atoms with Gasteiger partial charge >= 0.3 is 0 Å². The lowest BCUT2D eigenvalue weighted by Crippen LogP contribution is -2.44.